The first-order valence-corrected chi connectivity index (χ1v) is 10.3. The van der Waals surface area contributed by atoms with Gasteiger partial charge in [0.05, 0.1) is 11.4 Å². The number of hydrogen-bond acceptors (Lipinski definition) is 5. The fraction of sp³-hybridized carbons (Fsp3) is 0.375. The second kappa shape index (κ2) is 6.83. The summed E-state index contributed by atoms with van der Waals surface area (Å²) in [6, 6.07) is 10.6. The Bertz CT molecular complexity index is 1070. The van der Waals surface area contributed by atoms with Gasteiger partial charge < -0.3 is 0 Å². The van der Waals surface area contributed by atoms with Crippen LogP contribution in [0.1, 0.15) is 48.8 Å². The lowest BCUT2D eigenvalue weighted by atomic mass is 9.52. The largest absolute Gasteiger partial charge is 0.299 e. The Morgan fingerprint density at radius 1 is 1.03 bits per heavy atom. The number of fused-ring (bicyclic) bond motifs is 3. The Hall–Kier alpha value is -2.95. The number of rotatable bonds is 2. The molecule has 5 rings (SSSR count). The van der Waals surface area contributed by atoms with E-state index in [1.807, 2.05) is 25.4 Å². The molecule has 0 saturated heterocycles. The van der Waals surface area contributed by atoms with E-state index in [1.165, 1.54) is 11.1 Å². The fourth-order valence-electron chi connectivity index (χ4n) is 5.57. The van der Waals surface area contributed by atoms with E-state index in [1.54, 1.807) is 6.33 Å². The molecule has 29 heavy (non-hydrogen) atoms. The lowest BCUT2D eigenvalue weighted by Crippen LogP contribution is -2.50. The molecule has 3 aromatic rings. The van der Waals surface area contributed by atoms with E-state index in [-0.39, 0.29) is 17.3 Å². The van der Waals surface area contributed by atoms with Crippen molar-refractivity contribution in [2.24, 2.45) is 11.8 Å². The predicted molar refractivity (Wildman–Crippen MR) is 110 cm³/mol. The van der Waals surface area contributed by atoms with Crippen LogP contribution in [0.2, 0.25) is 0 Å². The fourth-order valence-corrected chi connectivity index (χ4v) is 5.57. The van der Waals surface area contributed by atoms with Gasteiger partial charge in [-0.2, -0.15) is 0 Å². The van der Waals surface area contributed by atoms with Gasteiger partial charge in [-0.05, 0) is 37.7 Å². The van der Waals surface area contributed by atoms with Gasteiger partial charge in [0.15, 0.2) is 0 Å². The molecule has 0 aliphatic heterocycles. The highest BCUT2D eigenvalue weighted by Gasteiger charge is 2.53. The lowest BCUT2D eigenvalue weighted by molar-refractivity contribution is -0.128. The van der Waals surface area contributed by atoms with E-state index in [2.05, 4.69) is 41.2 Å². The van der Waals surface area contributed by atoms with Gasteiger partial charge in [0, 0.05) is 41.3 Å². The molecule has 146 valence electrons. The first-order valence-electron chi connectivity index (χ1n) is 10.3. The molecule has 1 fully saturated rings. The second-order valence-electron chi connectivity index (χ2n) is 8.31. The molecule has 5 nitrogen and oxygen atoms in total. The molecule has 3 atom stereocenters. The van der Waals surface area contributed by atoms with Crippen LogP contribution in [0.4, 0.5) is 0 Å². The van der Waals surface area contributed by atoms with Crippen LogP contribution in [0.15, 0.2) is 49.1 Å². The topological polar surface area (TPSA) is 68.6 Å². The van der Waals surface area contributed by atoms with Crippen molar-refractivity contribution in [3.63, 3.8) is 0 Å². The summed E-state index contributed by atoms with van der Waals surface area (Å²) in [7, 11) is 0. The highest BCUT2D eigenvalue weighted by Crippen LogP contribution is 2.55. The second-order valence-corrected chi connectivity index (χ2v) is 8.31. The summed E-state index contributed by atoms with van der Waals surface area (Å²) in [4.78, 5) is 30.9. The van der Waals surface area contributed by atoms with Gasteiger partial charge >= 0.3 is 0 Å². The maximum atomic E-state index is 12.6. The summed E-state index contributed by atoms with van der Waals surface area (Å²) in [5, 5.41) is 0. The number of aromatic nitrogens is 4. The Labute approximate surface area is 170 Å². The Balaban J connectivity index is 1.80. The highest BCUT2D eigenvalue weighted by molar-refractivity contribution is 5.83. The van der Waals surface area contributed by atoms with Crippen molar-refractivity contribution in [3.05, 3.63) is 71.7 Å². The highest BCUT2D eigenvalue weighted by atomic mass is 16.1. The van der Waals surface area contributed by atoms with Crippen LogP contribution in [0, 0.1) is 18.8 Å². The van der Waals surface area contributed by atoms with E-state index in [4.69, 9.17) is 9.97 Å². The van der Waals surface area contributed by atoms with Crippen LogP contribution < -0.4 is 0 Å². The molecule has 5 heteroatoms. The van der Waals surface area contributed by atoms with Crippen molar-refractivity contribution in [1.82, 2.24) is 19.9 Å². The molecule has 2 aliphatic carbocycles. The van der Waals surface area contributed by atoms with E-state index >= 15 is 0 Å². The molecule has 1 saturated carbocycles. The summed E-state index contributed by atoms with van der Waals surface area (Å²) in [5.41, 5.74) is 5.17. The van der Waals surface area contributed by atoms with Crippen molar-refractivity contribution < 1.29 is 4.79 Å². The Kier molecular flexibility index (Phi) is 4.26. The van der Waals surface area contributed by atoms with Crippen LogP contribution in [-0.2, 0) is 16.6 Å². The maximum Gasteiger partial charge on any atom is 0.136 e. The molecular formula is C24H24N4O. The molecule has 2 aliphatic rings. The average molecular weight is 384 g/mol. The summed E-state index contributed by atoms with van der Waals surface area (Å²) < 4.78 is 0. The van der Waals surface area contributed by atoms with E-state index in [0.717, 1.165) is 42.0 Å². The third kappa shape index (κ3) is 2.71. The monoisotopic (exact) mass is 384 g/mol. The molecule has 0 spiro atoms. The SMILES string of the molecule is Cc1nc(-c2cncnc2)c2c(n1)[C@@]1(c3ccccc3)CCC(=O)[C@@H](C)[C@@H]1CC2. The predicted octanol–water partition coefficient (Wildman–Crippen LogP) is 4.09. The van der Waals surface area contributed by atoms with Gasteiger partial charge in [0.2, 0.25) is 0 Å². The normalized spacial score (nSPS) is 25.9. The molecule has 0 radical (unpaired) electrons. The Morgan fingerprint density at radius 2 is 1.79 bits per heavy atom. The minimum Gasteiger partial charge on any atom is -0.299 e. The van der Waals surface area contributed by atoms with E-state index < -0.39 is 0 Å². The van der Waals surface area contributed by atoms with Gasteiger partial charge in [-0.25, -0.2) is 19.9 Å². The Morgan fingerprint density at radius 3 is 2.55 bits per heavy atom. The number of hydrogen-bond donors (Lipinski definition) is 0. The minimum atomic E-state index is -0.250. The molecule has 2 aromatic heterocycles. The smallest absolute Gasteiger partial charge is 0.136 e. The number of Topliss-reactive ketones (excluding diaryl/α,β-unsaturated/α-hetero) is 1. The van der Waals surface area contributed by atoms with Crippen molar-refractivity contribution >= 4 is 5.78 Å². The molecular weight excluding hydrogens is 360 g/mol. The number of aryl methyl sites for hydroxylation is 1. The van der Waals surface area contributed by atoms with E-state index in [0.29, 0.717) is 12.2 Å². The maximum absolute atomic E-state index is 12.6. The van der Waals surface area contributed by atoms with Crippen LogP contribution in [0.3, 0.4) is 0 Å². The van der Waals surface area contributed by atoms with Gasteiger partial charge in [-0.15, -0.1) is 0 Å². The van der Waals surface area contributed by atoms with Crippen molar-refractivity contribution in [2.75, 3.05) is 0 Å². The molecule has 1 aromatic carbocycles. The van der Waals surface area contributed by atoms with Crippen LogP contribution >= 0.6 is 0 Å². The molecule has 2 heterocycles. The van der Waals surface area contributed by atoms with Gasteiger partial charge in [-0.3, -0.25) is 4.79 Å². The van der Waals surface area contributed by atoms with Crippen LogP contribution in [0.5, 0.6) is 0 Å². The molecule has 0 N–H and O–H groups in total. The zero-order chi connectivity index (χ0) is 20.0. The van der Waals surface area contributed by atoms with Gasteiger partial charge in [0.1, 0.15) is 17.9 Å². The number of carbonyl (C=O) groups excluding carboxylic acids is 1. The first-order chi connectivity index (χ1) is 14.1. The average Bonchev–Trinajstić information content (AvgIpc) is 2.77. The summed E-state index contributed by atoms with van der Waals surface area (Å²) >= 11 is 0. The standard InChI is InChI=1S/C24H24N4O/c1-15-20-9-8-19-22(17-12-25-14-26-13-17)27-16(2)28-23(19)24(20,11-10-21(15)29)18-6-4-3-5-7-18/h3-7,12-15,20H,8-11H2,1-2H3/t15-,20-,24+/m0/s1. The number of nitrogens with zero attached hydrogens (tertiary/aromatic N) is 4. The lowest BCUT2D eigenvalue weighted by Gasteiger charge is -2.50. The quantitative estimate of drug-likeness (QED) is 0.666. The third-order valence-electron chi connectivity index (χ3n) is 6.88. The molecule has 0 unspecified atom stereocenters. The van der Waals surface area contributed by atoms with Crippen LogP contribution in [0.25, 0.3) is 11.3 Å². The van der Waals surface area contributed by atoms with Gasteiger partial charge in [0.25, 0.3) is 0 Å². The van der Waals surface area contributed by atoms with Crippen molar-refractivity contribution in [2.45, 2.75) is 44.9 Å². The van der Waals surface area contributed by atoms with E-state index in [9.17, 15) is 4.79 Å². The number of carbonyl (C=O) groups is 1. The van der Waals surface area contributed by atoms with Crippen molar-refractivity contribution in [3.8, 4) is 11.3 Å². The van der Waals surface area contributed by atoms with Crippen LogP contribution in [-0.4, -0.2) is 25.7 Å². The first kappa shape index (κ1) is 18.1. The number of ketones is 1. The number of benzene rings is 1. The molecule has 0 bridgehead atoms. The third-order valence-corrected chi connectivity index (χ3v) is 6.88. The molecule has 0 amide bonds. The summed E-state index contributed by atoms with van der Waals surface area (Å²) in [6.07, 6.45) is 8.42. The van der Waals surface area contributed by atoms with Crippen molar-refractivity contribution in [1.29, 1.82) is 0 Å². The zero-order valence-electron chi connectivity index (χ0n) is 16.8. The van der Waals surface area contributed by atoms with Gasteiger partial charge in [-0.1, -0.05) is 37.3 Å². The zero-order valence-corrected chi connectivity index (χ0v) is 16.8. The summed E-state index contributed by atoms with van der Waals surface area (Å²) in [5.74, 6) is 1.43. The minimum absolute atomic E-state index is 0.0379. The summed E-state index contributed by atoms with van der Waals surface area (Å²) in [6.45, 7) is 4.06.